The fraction of sp³-hybridized carbons (Fsp3) is 0.286. The van der Waals surface area contributed by atoms with Crippen LogP contribution in [0.3, 0.4) is 0 Å². The predicted molar refractivity (Wildman–Crippen MR) is 74.3 cm³/mol. The Kier molecular flexibility index (Phi) is 3.55. The van der Waals surface area contributed by atoms with E-state index in [-0.39, 0.29) is 0 Å². The Labute approximate surface area is 112 Å². The van der Waals surface area contributed by atoms with Crippen LogP contribution < -0.4 is 5.32 Å². The molecule has 1 heterocycles. The molecular weight excluding hydrogens is 242 g/mol. The van der Waals surface area contributed by atoms with E-state index < -0.39 is 6.09 Å². The number of benzene rings is 1. The maximum atomic E-state index is 11.4. The molecule has 100 valence electrons. The number of nitrogens with zero attached hydrogens (tertiary/aromatic N) is 1. The summed E-state index contributed by atoms with van der Waals surface area (Å²) in [5.41, 5.74) is 5.45. The van der Waals surface area contributed by atoms with Crippen molar-refractivity contribution in [2.24, 2.45) is 0 Å². The van der Waals surface area contributed by atoms with Crippen LogP contribution in [-0.2, 0) is 4.74 Å². The molecule has 5 nitrogen and oxygen atoms in total. The Morgan fingerprint density at radius 1 is 1.32 bits per heavy atom. The molecule has 1 aromatic heterocycles. The number of anilines is 1. The number of nitrogens with one attached hydrogen (secondary N) is 2. The molecule has 19 heavy (non-hydrogen) atoms. The monoisotopic (exact) mass is 259 g/mol. The van der Waals surface area contributed by atoms with Crippen molar-refractivity contribution >= 4 is 11.8 Å². The highest BCUT2D eigenvalue weighted by Gasteiger charge is 2.16. The van der Waals surface area contributed by atoms with E-state index in [0.29, 0.717) is 5.69 Å². The molecule has 2 N–H and O–H groups in total. The van der Waals surface area contributed by atoms with Crippen LogP contribution >= 0.6 is 0 Å². The lowest BCUT2D eigenvalue weighted by molar-refractivity contribution is 0.187. The van der Waals surface area contributed by atoms with Gasteiger partial charge in [-0.15, -0.1) is 0 Å². The van der Waals surface area contributed by atoms with Crippen LogP contribution in [0.15, 0.2) is 18.2 Å². The molecule has 0 unspecified atom stereocenters. The summed E-state index contributed by atoms with van der Waals surface area (Å²) in [7, 11) is 1.33. The zero-order chi connectivity index (χ0) is 14.0. The van der Waals surface area contributed by atoms with Crippen molar-refractivity contribution in [1.29, 1.82) is 0 Å². The van der Waals surface area contributed by atoms with Crippen molar-refractivity contribution < 1.29 is 9.53 Å². The summed E-state index contributed by atoms with van der Waals surface area (Å²) in [6.45, 7) is 5.92. The van der Waals surface area contributed by atoms with Crippen LogP contribution in [-0.4, -0.2) is 23.4 Å². The number of aromatic nitrogens is 2. The highest BCUT2D eigenvalue weighted by atomic mass is 16.5. The van der Waals surface area contributed by atoms with E-state index in [1.54, 1.807) is 0 Å². The molecule has 1 aromatic carbocycles. The minimum atomic E-state index is -0.504. The first kappa shape index (κ1) is 13.1. The van der Waals surface area contributed by atoms with E-state index in [0.717, 1.165) is 22.5 Å². The van der Waals surface area contributed by atoms with Gasteiger partial charge in [-0.05, 0) is 26.3 Å². The molecule has 0 spiro atoms. The summed E-state index contributed by atoms with van der Waals surface area (Å²) in [6, 6.07) is 6.11. The van der Waals surface area contributed by atoms with Gasteiger partial charge in [0.25, 0.3) is 0 Å². The molecule has 5 heteroatoms. The van der Waals surface area contributed by atoms with E-state index in [9.17, 15) is 4.79 Å². The largest absolute Gasteiger partial charge is 0.453 e. The zero-order valence-corrected chi connectivity index (χ0v) is 11.5. The fourth-order valence-corrected chi connectivity index (χ4v) is 2.01. The van der Waals surface area contributed by atoms with Crippen molar-refractivity contribution in [2.75, 3.05) is 12.4 Å². The van der Waals surface area contributed by atoms with Crippen LogP contribution in [0.5, 0.6) is 0 Å². The lowest BCUT2D eigenvalue weighted by Crippen LogP contribution is -2.12. The van der Waals surface area contributed by atoms with Gasteiger partial charge in [0.05, 0.1) is 18.5 Å². The highest BCUT2D eigenvalue weighted by Crippen LogP contribution is 2.31. The third-order valence-electron chi connectivity index (χ3n) is 3.00. The van der Waals surface area contributed by atoms with Crippen LogP contribution in [0.4, 0.5) is 10.5 Å². The van der Waals surface area contributed by atoms with Gasteiger partial charge in [0.2, 0.25) is 0 Å². The first-order valence-corrected chi connectivity index (χ1v) is 6.00. The van der Waals surface area contributed by atoms with Gasteiger partial charge in [0.15, 0.2) is 0 Å². The number of aryl methyl sites for hydroxylation is 3. The molecule has 0 atom stereocenters. The quantitative estimate of drug-likeness (QED) is 0.870. The number of ether oxygens (including phenoxy) is 1. The van der Waals surface area contributed by atoms with Crippen molar-refractivity contribution in [1.82, 2.24) is 10.2 Å². The van der Waals surface area contributed by atoms with Crippen LogP contribution in [0.1, 0.15) is 16.8 Å². The molecule has 2 aromatic rings. The lowest BCUT2D eigenvalue weighted by atomic mass is 10.0. The van der Waals surface area contributed by atoms with Gasteiger partial charge in [0, 0.05) is 5.56 Å². The fourth-order valence-electron chi connectivity index (χ4n) is 2.01. The number of carbonyl (C=O) groups excluding carboxylic acids is 1. The number of H-pyrrole nitrogens is 1. The van der Waals surface area contributed by atoms with Gasteiger partial charge in [-0.3, -0.25) is 10.4 Å². The van der Waals surface area contributed by atoms with Crippen LogP contribution in [0, 0.1) is 20.8 Å². The highest BCUT2D eigenvalue weighted by molar-refractivity contribution is 5.91. The Morgan fingerprint density at radius 3 is 2.68 bits per heavy atom. The average Bonchev–Trinajstić information content (AvgIpc) is 2.71. The number of hydrogen-bond donors (Lipinski definition) is 2. The molecule has 0 fully saturated rings. The summed E-state index contributed by atoms with van der Waals surface area (Å²) in [6.07, 6.45) is -0.504. The summed E-state index contributed by atoms with van der Waals surface area (Å²) in [5.74, 6) is 0. The van der Waals surface area contributed by atoms with Gasteiger partial charge in [-0.2, -0.15) is 5.10 Å². The van der Waals surface area contributed by atoms with Gasteiger partial charge < -0.3 is 4.74 Å². The molecule has 0 radical (unpaired) electrons. The second-order valence-corrected chi connectivity index (χ2v) is 4.51. The molecule has 0 saturated heterocycles. The molecule has 0 bridgehead atoms. The standard InChI is InChI=1S/C14H17N3O2/c1-8-5-6-11(9(2)7-8)13-12(10(3)16-17-13)15-14(18)19-4/h5-7H,1-4H3,(H,15,18)(H,16,17). The summed E-state index contributed by atoms with van der Waals surface area (Å²) < 4.78 is 4.63. The first-order valence-electron chi connectivity index (χ1n) is 6.00. The Morgan fingerprint density at radius 2 is 2.05 bits per heavy atom. The maximum absolute atomic E-state index is 11.4. The van der Waals surface area contributed by atoms with Crippen molar-refractivity contribution in [2.45, 2.75) is 20.8 Å². The number of aromatic amines is 1. The van der Waals surface area contributed by atoms with Gasteiger partial charge in [-0.1, -0.05) is 23.8 Å². The lowest BCUT2D eigenvalue weighted by Gasteiger charge is -2.08. The Balaban J connectivity index is 2.48. The molecule has 0 aliphatic heterocycles. The third kappa shape index (κ3) is 2.59. The average molecular weight is 259 g/mol. The molecule has 0 saturated carbocycles. The minimum Gasteiger partial charge on any atom is -0.453 e. The molecular formula is C14H17N3O2. The second-order valence-electron chi connectivity index (χ2n) is 4.51. The smallest absolute Gasteiger partial charge is 0.411 e. The van der Waals surface area contributed by atoms with Gasteiger partial charge in [-0.25, -0.2) is 4.79 Å². The Bertz CT molecular complexity index is 617. The number of carbonyl (C=O) groups is 1. The summed E-state index contributed by atoms with van der Waals surface area (Å²) in [5, 5.41) is 9.85. The third-order valence-corrected chi connectivity index (χ3v) is 3.00. The SMILES string of the molecule is COC(=O)Nc1c(-c2ccc(C)cc2C)n[nH]c1C. The molecule has 1 amide bonds. The van der Waals surface area contributed by atoms with E-state index in [1.165, 1.54) is 12.7 Å². The normalized spacial score (nSPS) is 10.3. The maximum Gasteiger partial charge on any atom is 0.411 e. The number of methoxy groups -OCH3 is 1. The Hall–Kier alpha value is -2.30. The van der Waals surface area contributed by atoms with Gasteiger partial charge >= 0.3 is 6.09 Å². The van der Waals surface area contributed by atoms with E-state index in [2.05, 4.69) is 26.3 Å². The van der Waals surface area contributed by atoms with Crippen molar-refractivity contribution in [3.8, 4) is 11.3 Å². The summed E-state index contributed by atoms with van der Waals surface area (Å²) >= 11 is 0. The molecule has 0 aliphatic rings. The molecule has 0 aliphatic carbocycles. The van der Waals surface area contributed by atoms with Crippen molar-refractivity contribution in [3.63, 3.8) is 0 Å². The molecule has 2 rings (SSSR count). The summed E-state index contributed by atoms with van der Waals surface area (Å²) in [4.78, 5) is 11.4. The van der Waals surface area contributed by atoms with E-state index in [1.807, 2.05) is 32.9 Å². The zero-order valence-electron chi connectivity index (χ0n) is 11.5. The van der Waals surface area contributed by atoms with E-state index >= 15 is 0 Å². The predicted octanol–water partition coefficient (Wildman–Crippen LogP) is 3.18. The first-order chi connectivity index (χ1) is 9.02. The minimum absolute atomic E-state index is 0.504. The van der Waals surface area contributed by atoms with Gasteiger partial charge in [0.1, 0.15) is 5.69 Å². The van der Waals surface area contributed by atoms with Crippen molar-refractivity contribution in [3.05, 3.63) is 35.0 Å². The number of amides is 1. The number of rotatable bonds is 2. The second kappa shape index (κ2) is 5.14. The van der Waals surface area contributed by atoms with Crippen LogP contribution in [0.2, 0.25) is 0 Å². The topological polar surface area (TPSA) is 67.0 Å². The van der Waals surface area contributed by atoms with E-state index in [4.69, 9.17) is 0 Å². The number of hydrogen-bond acceptors (Lipinski definition) is 3. The van der Waals surface area contributed by atoms with Crippen LogP contribution in [0.25, 0.3) is 11.3 Å².